The standard InChI is InChI=1S/C29H28F3N5O2/c30-29(31,32)24-4-1-3-22(18-24)27(38)35-25-8-5-20(6-9-25)21-7-10-26-23(17-21)19-34-28(36-26)33-11-2-12-37-13-15-39-16-14-37/h1,3-10,17-19H,2,11-16H2,(H,35,38)(H,33,34,36). The van der Waals surface area contributed by atoms with Crippen LogP contribution in [0.3, 0.4) is 0 Å². The maximum absolute atomic E-state index is 13.0. The fraction of sp³-hybridized carbons (Fsp3) is 0.276. The quantitative estimate of drug-likeness (QED) is 0.282. The largest absolute Gasteiger partial charge is 0.416 e. The summed E-state index contributed by atoms with van der Waals surface area (Å²) in [7, 11) is 0. The molecule has 3 aromatic carbocycles. The molecule has 1 aliphatic rings. The van der Waals surface area contributed by atoms with E-state index in [1.54, 1.807) is 18.3 Å². The summed E-state index contributed by atoms with van der Waals surface area (Å²) in [6.07, 6.45) is -1.72. The zero-order valence-corrected chi connectivity index (χ0v) is 21.2. The van der Waals surface area contributed by atoms with Crippen LogP contribution in [0.15, 0.2) is 72.9 Å². The topological polar surface area (TPSA) is 79.4 Å². The predicted molar refractivity (Wildman–Crippen MR) is 145 cm³/mol. The van der Waals surface area contributed by atoms with Crippen molar-refractivity contribution in [1.29, 1.82) is 0 Å². The molecule has 5 rings (SSSR count). The number of aromatic nitrogens is 2. The average molecular weight is 536 g/mol. The Morgan fingerprint density at radius 1 is 0.974 bits per heavy atom. The molecule has 0 bridgehead atoms. The first-order valence-electron chi connectivity index (χ1n) is 12.7. The molecular formula is C29H28F3N5O2. The zero-order valence-electron chi connectivity index (χ0n) is 21.2. The molecule has 1 saturated heterocycles. The fourth-order valence-electron chi connectivity index (χ4n) is 4.41. The minimum Gasteiger partial charge on any atom is -0.379 e. The van der Waals surface area contributed by atoms with Gasteiger partial charge in [-0.25, -0.2) is 9.97 Å². The Hall–Kier alpha value is -4.02. The number of rotatable bonds is 8. The molecule has 10 heteroatoms. The first-order valence-corrected chi connectivity index (χ1v) is 12.7. The fourth-order valence-corrected chi connectivity index (χ4v) is 4.41. The van der Waals surface area contributed by atoms with E-state index in [9.17, 15) is 18.0 Å². The molecule has 2 heterocycles. The van der Waals surface area contributed by atoms with Crippen LogP contribution in [-0.4, -0.2) is 60.2 Å². The maximum Gasteiger partial charge on any atom is 0.416 e. The van der Waals surface area contributed by atoms with E-state index in [-0.39, 0.29) is 5.56 Å². The van der Waals surface area contributed by atoms with Gasteiger partial charge in [-0.1, -0.05) is 24.3 Å². The third-order valence-corrected chi connectivity index (χ3v) is 6.55. The minimum atomic E-state index is -4.51. The molecule has 1 amide bonds. The van der Waals surface area contributed by atoms with Crippen LogP contribution in [0.5, 0.6) is 0 Å². The normalized spacial score (nSPS) is 14.3. The van der Waals surface area contributed by atoms with E-state index in [4.69, 9.17) is 4.74 Å². The number of anilines is 2. The first-order chi connectivity index (χ1) is 18.8. The number of carbonyl (C=O) groups is 1. The van der Waals surface area contributed by atoms with Gasteiger partial charge in [0, 0.05) is 42.5 Å². The number of amides is 1. The van der Waals surface area contributed by atoms with Crippen molar-refractivity contribution in [3.8, 4) is 11.1 Å². The Kier molecular flexibility index (Phi) is 8.04. The van der Waals surface area contributed by atoms with Crippen LogP contribution in [0.1, 0.15) is 22.3 Å². The first kappa shape index (κ1) is 26.6. The van der Waals surface area contributed by atoms with Gasteiger partial charge >= 0.3 is 6.18 Å². The molecule has 0 saturated carbocycles. The summed E-state index contributed by atoms with van der Waals surface area (Å²) >= 11 is 0. The van der Waals surface area contributed by atoms with Gasteiger partial charge in [-0.15, -0.1) is 0 Å². The van der Waals surface area contributed by atoms with Gasteiger partial charge < -0.3 is 15.4 Å². The number of carbonyl (C=O) groups excluding carboxylic acids is 1. The molecule has 0 atom stereocenters. The highest BCUT2D eigenvalue weighted by atomic mass is 19.4. The number of halogens is 3. The van der Waals surface area contributed by atoms with Crippen molar-refractivity contribution in [3.63, 3.8) is 0 Å². The number of nitrogens with one attached hydrogen (secondary N) is 2. The number of ether oxygens (including phenoxy) is 1. The summed E-state index contributed by atoms with van der Waals surface area (Å²) in [4.78, 5) is 23.9. The predicted octanol–water partition coefficient (Wildman–Crippen LogP) is 5.70. The van der Waals surface area contributed by atoms with E-state index in [1.165, 1.54) is 12.1 Å². The van der Waals surface area contributed by atoms with E-state index in [0.29, 0.717) is 11.6 Å². The maximum atomic E-state index is 13.0. The molecule has 4 aromatic rings. The summed E-state index contributed by atoms with van der Waals surface area (Å²) in [6, 6.07) is 17.4. The molecule has 0 radical (unpaired) electrons. The molecule has 7 nitrogen and oxygen atoms in total. The highest BCUT2D eigenvalue weighted by Crippen LogP contribution is 2.30. The Morgan fingerprint density at radius 2 is 1.74 bits per heavy atom. The second-order valence-electron chi connectivity index (χ2n) is 9.31. The van der Waals surface area contributed by atoms with E-state index >= 15 is 0 Å². The lowest BCUT2D eigenvalue weighted by molar-refractivity contribution is -0.137. The summed E-state index contributed by atoms with van der Waals surface area (Å²) < 4.78 is 44.2. The van der Waals surface area contributed by atoms with Gasteiger partial charge in [-0.3, -0.25) is 9.69 Å². The van der Waals surface area contributed by atoms with Crippen molar-refractivity contribution >= 4 is 28.4 Å². The van der Waals surface area contributed by atoms with Crippen molar-refractivity contribution in [1.82, 2.24) is 14.9 Å². The third kappa shape index (κ3) is 6.90. The van der Waals surface area contributed by atoms with Crippen LogP contribution in [0.4, 0.5) is 24.8 Å². The van der Waals surface area contributed by atoms with E-state index in [2.05, 4.69) is 25.5 Å². The van der Waals surface area contributed by atoms with Crippen LogP contribution in [-0.2, 0) is 10.9 Å². The van der Waals surface area contributed by atoms with Gasteiger partial charge in [-0.2, -0.15) is 13.2 Å². The molecule has 1 fully saturated rings. The van der Waals surface area contributed by atoms with Crippen molar-refractivity contribution in [2.24, 2.45) is 0 Å². The van der Waals surface area contributed by atoms with Crippen molar-refractivity contribution < 1.29 is 22.7 Å². The Morgan fingerprint density at radius 3 is 2.51 bits per heavy atom. The molecule has 202 valence electrons. The van der Waals surface area contributed by atoms with Crippen molar-refractivity contribution in [3.05, 3.63) is 84.1 Å². The Balaban J connectivity index is 1.19. The van der Waals surface area contributed by atoms with E-state index in [1.807, 2.05) is 30.3 Å². The molecule has 0 unspecified atom stereocenters. The SMILES string of the molecule is O=C(Nc1ccc(-c2ccc3nc(NCCCN4CCOCC4)ncc3c2)cc1)c1cccc(C(F)(F)F)c1. The molecule has 39 heavy (non-hydrogen) atoms. The number of benzene rings is 3. The van der Waals surface area contributed by atoms with E-state index in [0.717, 1.165) is 80.0 Å². The molecule has 0 spiro atoms. The zero-order chi connectivity index (χ0) is 27.2. The number of hydrogen-bond acceptors (Lipinski definition) is 6. The van der Waals surface area contributed by atoms with Gasteiger partial charge in [-0.05, 0) is 66.6 Å². The average Bonchev–Trinajstić information content (AvgIpc) is 2.95. The third-order valence-electron chi connectivity index (χ3n) is 6.55. The number of alkyl halides is 3. The lowest BCUT2D eigenvalue weighted by Crippen LogP contribution is -2.37. The van der Waals surface area contributed by atoms with Gasteiger partial charge in [0.15, 0.2) is 0 Å². The van der Waals surface area contributed by atoms with Gasteiger partial charge in [0.1, 0.15) is 0 Å². The summed E-state index contributed by atoms with van der Waals surface area (Å²) in [5, 5.41) is 6.84. The molecular weight excluding hydrogens is 507 g/mol. The van der Waals surface area contributed by atoms with Crippen molar-refractivity contribution in [2.45, 2.75) is 12.6 Å². The Labute approximate surface area is 224 Å². The van der Waals surface area contributed by atoms with Crippen LogP contribution in [0.25, 0.3) is 22.0 Å². The highest BCUT2D eigenvalue weighted by Gasteiger charge is 2.30. The summed E-state index contributed by atoms with van der Waals surface area (Å²) in [6.45, 7) is 5.36. The lowest BCUT2D eigenvalue weighted by Gasteiger charge is -2.26. The molecule has 2 N–H and O–H groups in total. The highest BCUT2D eigenvalue weighted by molar-refractivity contribution is 6.04. The van der Waals surface area contributed by atoms with Gasteiger partial charge in [0.05, 0.1) is 24.3 Å². The number of fused-ring (bicyclic) bond motifs is 1. The number of morpholine rings is 1. The lowest BCUT2D eigenvalue weighted by atomic mass is 10.0. The molecule has 1 aromatic heterocycles. The minimum absolute atomic E-state index is 0.0607. The molecule has 1 aliphatic heterocycles. The van der Waals surface area contributed by atoms with E-state index < -0.39 is 17.6 Å². The van der Waals surface area contributed by atoms with Crippen LogP contribution in [0.2, 0.25) is 0 Å². The smallest absolute Gasteiger partial charge is 0.379 e. The second kappa shape index (κ2) is 11.8. The van der Waals surface area contributed by atoms with Gasteiger partial charge in [0.25, 0.3) is 5.91 Å². The molecule has 0 aliphatic carbocycles. The second-order valence-corrected chi connectivity index (χ2v) is 9.31. The Bertz CT molecular complexity index is 1440. The monoisotopic (exact) mass is 535 g/mol. The summed E-state index contributed by atoms with van der Waals surface area (Å²) in [5.41, 5.74) is 2.25. The van der Waals surface area contributed by atoms with Crippen LogP contribution >= 0.6 is 0 Å². The van der Waals surface area contributed by atoms with Crippen LogP contribution in [0, 0.1) is 0 Å². The van der Waals surface area contributed by atoms with Crippen molar-refractivity contribution in [2.75, 3.05) is 50.0 Å². The summed E-state index contributed by atoms with van der Waals surface area (Å²) in [5.74, 6) is -0.0136. The van der Waals surface area contributed by atoms with Crippen LogP contribution < -0.4 is 10.6 Å². The van der Waals surface area contributed by atoms with Gasteiger partial charge in [0.2, 0.25) is 5.95 Å². The number of hydrogen-bond donors (Lipinski definition) is 2. The number of nitrogens with zero attached hydrogens (tertiary/aromatic N) is 3.